The maximum atomic E-state index is 12.9. The second-order valence-electron chi connectivity index (χ2n) is 7.33. The summed E-state index contributed by atoms with van der Waals surface area (Å²) in [6.07, 6.45) is 2.64. The van der Waals surface area contributed by atoms with E-state index in [0.29, 0.717) is 5.82 Å². The fraction of sp³-hybridized carbons (Fsp3) is 0.444. The molecule has 2 fully saturated rings. The summed E-state index contributed by atoms with van der Waals surface area (Å²) in [6, 6.07) is 7.02. The third-order valence-electron chi connectivity index (χ3n) is 5.36. The van der Waals surface area contributed by atoms with E-state index in [1.807, 2.05) is 31.2 Å². The molecule has 1 aromatic carbocycles. The quantitative estimate of drug-likeness (QED) is 0.807. The van der Waals surface area contributed by atoms with Crippen LogP contribution >= 0.6 is 0 Å². The molecule has 1 unspecified atom stereocenters. The Hall–Kier alpha value is -2.74. The molecule has 1 aromatic heterocycles. The Balaban J connectivity index is 1.55. The van der Waals surface area contributed by atoms with Crippen LogP contribution in [-0.2, 0) is 22.4 Å². The first-order valence-corrected chi connectivity index (χ1v) is 8.65. The van der Waals surface area contributed by atoms with Crippen molar-refractivity contribution in [3.8, 4) is 0 Å². The number of rotatable bonds is 4. The van der Waals surface area contributed by atoms with E-state index in [2.05, 4.69) is 15.5 Å². The molecule has 2 aromatic rings. The second-order valence-corrected chi connectivity index (χ2v) is 7.33. The van der Waals surface area contributed by atoms with Gasteiger partial charge in [-0.2, -0.15) is 4.98 Å². The molecule has 26 heavy (non-hydrogen) atoms. The Morgan fingerprint density at radius 2 is 1.96 bits per heavy atom. The van der Waals surface area contributed by atoms with Crippen molar-refractivity contribution >= 4 is 11.9 Å². The molecule has 1 atom stereocenters. The highest BCUT2D eigenvalue weighted by atomic mass is 16.5. The molecule has 4 rings (SSSR count). The molecular weight excluding hydrogens is 334 g/mol. The van der Waals surface area contributed by atoms with Crippen LogP contribution < -0.4 is 11.1 Å². The largest absolute Gasteiger partial charge is 0.337 e. The number of nitrogens with two attached hydrogens (primary N) is 1. The summed E-state index contributed by atoms with van der Waals surface area (Å²) in [5.41, 5.74) is 6.33. The van der Waals surface area contributed by atoms with Crippen molar-refractivity contribution in [2.24, 2.45) is 5.73 Å². The first kappa shape index (κ1) is 16.7. The highest BCUT2D eigenvalue weighted by Gasteiger charge is 2.49. The van der Waals surface area contributed by atoms with Crippen molar-refractivity contribution in [1.29, 1.82) is 0 Å². The van der Waals surface area contributed by atoms with Crippen LogP contribution in [0.2, 0.25) is 0 Å². The number of carbonyl (C=O) groups excluding carboxylic acids is 2. The van der Waals surface area contributed by atoms with E-state index in [9.17, 15) is 9.59 Å². The number of nitrogens with one attached hydrogen (secondary N) is 1. The van der Waals surface area contributed by atoms with E-state index in [1.165, 1.54) is 0 Å². The number of benzene rings is 1. The van der Waals surface area contributed by atoms with Gasteiger partial charge in [0.2, 0.25) is 5.89 Å². The minimum absolute atomic E-state index is 0.0742. The van der Waals surface area contributed by atoms with Crippen molar-refractivity contribution in [2.75, 3.05) is 0 Å². The molecule has 3 amide bonds. The van der Waals surface area contributed by atoms with Gasteiger partial charge < -0.3 is 15.6 Å². The van der Waals surface area contributed by atoms with Gasteiger partial charge in [-0.3, -0.25) is 9.69 Å². The van der Waals surface area contributed by atoms with E-state index >= 15 is 0 Å². The predicted molar refractivity (Wildman–Crippen MR) is 91.6 cm³/mol. The van der Waals surface area contributed by atoms with E-state index < -0.39 is 17.1 Å². The number of imide groups is 1. The fourth-order valence-corrected chi connectivity index (χ4v) is 3.36. The normalized spacial score (nSPS) is 24.5. The second kappa shape index (κ2) is 5.63. The lowest BCUT2D eigenvalue weighted by Crippen LogP contribution is -2.44. The molecule has 0 spiro atoms. The van der Waals surface area contributed by atoms with Crippen LogP contribution in [0.1, 0.15) is 49.0 Å². The van der Waals surface area contributed by atoms with Crippen LogP contribution in [0, 0.1) is 6.92 Å². The smallest absolute Gasteiger partial charge is 0.325 e. The molecule has 136 valence electrons. The molecule has 2 heterocycles. The molecular formula is C18H21N5O3. The van der Waals surface area contributed by atoms with E-state index in [-0.39, 0.29) is 18.3 Å². The molecule has 1 saturated heterocycles. The van der Waals surface area contributed by atoms with Crippen LogP contribution in [0.15, 0.2) is 28.8 Å². The van der Waals surface area contributed by atoms with Gasteiger partial charge >= 0.3 is 6.03 Å². The summed E-state index contributed by atoms with van der Waals surface area (Å²) < 4.78 is 5.22. The lowest BCUT2D eigenvalue weighted by atomic mass is 9.77. The molecule has 8 nitrogen and oxygen atoms in total. The van der Waals surface area contributed by atoms with E-state index in [4.69, 9.17) is 10.3 Å². The summed E-state index contributed by atoms with van der Waals surface area (Å²) in [7, 11) is 0. The number of aryl methyl sites for hydroxylation is 1. The maximum absolute atomic E-state index is 12.9. The van der Waals surface area contributed by atoms with Gasteiger partial charge in [-0.05, 0) is 38.7 Å². The molecule has 0 bridgehead atoms. The summed E-state index contributed by atoms with van der Waals surface area (Å²) in [6.45, 7) is 3.59. The molecule has 1 aliphatic carbocycles. The Kier molecular flexibility index (Phi) is 3.62. The van der Waals surface area contributed by atoms with E-state index in [1.54, 1.807) is 6.92 Å². The van der Waals surface area contributed by atoms with Crippen molar-refractivity contribution in [3.63, 3.8) is 0 Å². The summed E-state index contributed by atoms with van der Waals surface area (Å²) in [5, 5.41) is 6.69. The Morgan fingerprint density at radius 3 is 2.58 bits per heavy atom. The number of amides is 3. The van der Waals surface area contributed by atoms with Gasteiger partial charge in [-0.25, -0.2) is 4.79 Å². The SMILES string of the molecule is Cc1ccc(C2(C)NC(=O)N(Cc3nc(C4(N)CCC4)no3)C2=O)cc1. The Labute approximate surface area is 150 Å². The zero-order chi connectivity index (χ0) is 18.5. The van der Waals surface area contributed by atoms with Gasteiger partial charge in [0.15, 0.2) is 5.82 Å². The highest BCUT2D eigenvalue weighted by molar-refractivity contribution is 6.07. The first-order valence-electron chi connectivity index (χ1n) is 8.65. The third kappa shape index (κ3) is 2.48. The number of hydrogen-bond donors (Lipinski definition) is 2. The lowest BCUT2D eigenvalue weighted by molar-refractivity contribution is -0.131. The van der Waals surface area contributed by atoms with Crippen molar-refractivity contribution in [1.82, 2.24) is 20.4 Å². The van der Waals surface area contributed by atoms with Crippen molar-refractivity contribution < 1.29 is 14.1 Å². The van der Waals surface area contributed by atoms with Gasteiger partial charge in [-0.15, -0.1) is 0 Å². The topological polar surface area (TPSA) is 114 Å². The summed E-state index contributed by atoms with van der Waals surface area (Å²) in [5.74, 6) is 0.290. The standard InChI is InChI=1S/C18H21N5O3/c1-11-4-6-12(7-5-11)17(2)15(24)23(16(25)21-17)10-13-20-14(22-26-13)18(19)8-3-9-18/h4-7H,3,8-10,19H2,1-2H3,(H,21,25). The number of carbonyl (C=O) groups is 2. The van der Waals surface area contributed by atoms with Crippen LogP contribution in [-0.4, -0.2) is 27.0 Å². The third-order valence-corrected chi connectivity index (χ3v) is 5.36. The molecule has 3 N–H and O–H groups in total. The minimum Gasteiger partial charge on any atom is -0.337 e. The molecule has 2 aliphatic rings. The lowest BCUT2D eigenvalue weighted by Gasteiger charge is -2.34. The van der Waals surface area contributed by atoms with Crippen molar-refractivity contribution in [3.05, 3.63) is 47.1 Å². The van der Waals surface area contributed by atoms with Gasteiger partial charge in [0.1, 0.15) is 12.1 Å². The highest BCUT2D eigenvalue weighted by Crippen LogP contribution is 2.37. The van der Waals surface area contributed by atoms with E-state index in [0.717, 1.165) is 35.3 Å². The number of nitrogens with zero attached hydrogens (tertiary/aromatic N) is 3. The monoisotopic (exact) mass is 355 g/mol. The van der Waals surface area contributed by atoms with Gasteiger partial charge in [-0.1, -0.05) is 35.0 Å². The van der Waals surface area contributed by atoms with Gasteiger partial charge in [0, 0.05) is 0 Å². The Bertz CT molecular complexity index is 871. The van der Waals surface area contributed by atoms with Crippen LogP contribution in [0.5, 0.6) is 0 Å². The molecule has 0 radical (unpaired) electrons. The number of urea groups is 1. The minimum atomic E-state index is -1.11. The number of aromatic nitrogens is 2. The zero-order valence-electron chi connectivity index (χ0n) is 14.8. The van der Waals surface area contributed by atoms with Crippen LogP contribution in [0.3, 0.4) is 0 Å². The average Bonchev–Trinajstić information content (AvgIpc) is 3.13. The van der Waals surface area contributed by atoms with Crippen molar-refractivity contribution in [2.45, 2.75) is 50.7 Å². The fourth-order valence-electron chi connectivity index (χ4n) is 3.36. The Morgan fingerprint density at radius 1 is 1.27 bits per heavy atom. The molecule has 8 heteroatoms. The summed E-state index contributed by atoms with van der Waals surface area (Å²) >= 11 is 0. The molecule has 1 aliphatic heterocycles. The first-order chi connectivity index (χ1) is 12.3. The average molecular weight is 355 g/mol. The van der Waals surface area contributed by atoms with Crippen LogP contribution in [0.4, 0.5) is 4.79 Å². The van der Waals surface area contributed by atoms with Gasteiger partial charge in [0.25, 0.3) is 5.91 Å². The van der Waals surface area contributed by atoms with Gasteiger partial charge in [0.05, 0.1) is 5.54 Å². The predicted octanol–water partition coefficient (Wildman–Crippen LogP) is 1.68. The summed E-state index contributed by atoms with van der Waals surface area (Å²) in [4.78, 5) is 30.7. The van der Waals surface area contributed by atoms with Crippen LogP contribution in [0.25, 0.3) is 0 Å². The number of hydrogen-bond acceptors (Lipinski definition) is 6. The zero-order valence-corrected chi connectivity index (χ0v) is 14.8. The molecule has 1 saturated carbocycles. The maximum Gasteiger partial charge on any atom is 0.325 e.